The van der Waals surface area contributed by atoms with Crippen molar-refractivity contribution < 1.29 is 73.9 Å². The predicted molar refractivity (Wildman–Crippen MR) is 176 cm³/mol. The number of oxime groups is 1. The third-order valence-corrected chi connectivity index (χ3v) is 9.74. The molecule has 0 unspecified atom stereocenters. The molecule has 300 valence electrons. The zero-order valence-corrected chi connectivity index (χ0v) is 28.3. The van der Waals surface area contributed by atoms with E-state index in [0.29, 0.717) is 5.56 Å². The fourth-order valence-corrected chi connectivity index (χ4v) is 6.55. The van der Waals surface area contributed by atoms with Crippen LogP contribution in [0.4, 0.5) is 5.69 Å². The van der Waals surface area contributed by atoms with E-state index in [0.717, 1.165) is 6.21 Å². The number of benzene rings is 1. The first-order chi connectivity index (χ1) is 25.2. The molecule has 1 aromatic carbocycles. The van der Waals surface area contributed by atoms with Gasteiger partial charge >= 0.3 is 0 Å². The molecule has 5 rings (SSSR count). The molecule has 0 amide bonds. The van der Waals surface area contributed by atoms with Crippen LogP contribution in [0.15, 0.2) is 29.4 Å². The first-order valence-electron chi connectivity index (χ1n) is 16.9. The molecule has 1 aliphatic carbocycles. The van der Waals surface area contributed by atoms with E-state index in [1.807, 2.05) is 0 Å². The van der Waals surface area contributed by atoms with Gasteiger partial charge < -0.3 is 97.7 Å². The van der Waals surface area contributed by atoms with Crippen molar-refractivity contribution in [3.05, 3.63) is 39.9 Å². The number of nitro benzene ring substituents is 1. The van der Waals surface area contributed by atoms with E-state index in [1.54, 1.807) is 0 Å². The Morgan fingerprint density at radius 2 is 1.32 bits per heavy atom. The van der Waals surface area contributed by atoms with Crippen LogP contribution in [0.25, 0.3) is 0 Å². The number of nitro groups is 1. The molecule has 1 aromatic rings. The van der Waals surface area contributed by atoms with Gasteiger partial charge in [0, 0.05) is 30.8 Å². The number of aliphatic hydroxyl groups excluding tert-OH is 7. The lowest BCUT2D eigenvalue weighted by Gasteiger charge is -2.47. The number of hydrogen-bond acceptors (Lipinski definition) is 22. The van der Waals surface area contributed by atoms with Crippen LogP contribution in [0.5, 0.6) is 0 Å². The summed E-state index contributed by atoms with van der Waals surface area (Å²) in [5, 5.41) is 88.7. The molecule has 0 aromatic heterocycles. The predicted octanol–water partition coefficient (Wildman–Crippen LogP) is -6.74. The molecule has 3 saturated heterocycles. The van der Waals surface area contributed by atoms with Crippen LogP contribution in [-0.4, -0.2) is 176 Å². The zero-order valence-electron chi connectivity index (χ0n) is 28.3. The highest BCUT2D eigenvalue weighted by Gasteiger charge is 2.54. The van der Waals surface area contributed by atoms with Crippen molar-refractivity contribution in [2.45, 2.75) is 129 Å². The molecule has 3 heterocycles. The highest BCUT2D eigenvalue weighted by atomic mass is 16.8. The second-order valence-electron chi connectivity index (χ2n) is 13.4. The van der Waals surface area contributed by atoms with Crippen molar-refractivity contribution in [3.63, 3.8) is 0 Å². The Morgan fingerprint density at radius 3 is 1.91 bits per heavy atom. The minimum Gasteiger partial charge on any atom is -0.394 e. The Morgan fingerprint density at radius 1 is 0.755 bits per heavy atom. The fourth-order valence-electron chi connectivity index (χ4n) is 6.55. The van der Waals surface area contributed by atoms with Crippen molar-refractivity contribution >= 4 is 11.9 Å². The first-order valence-corrected chi connectivity index (χ1v) is 16.9. The minimum absolute atomic E-state index is 0.0247. The summed E-state index contributed by atoms with van der Waals surface area (Å²) in [6.45, 7) is -1.02. The van der Waals surface area contributed by atoms with Crippen LogP contribution >= 0.6 is 0 Å². The number of rotatable bonds is 13. The van der Waals surface area contributed by atoms with Crippen molar-refractivity contribution in [3.8, 4) is 0 Å². The van der Waals surface area contributed by atoms with Gasteiger partial charge in [0.05, 0.1) is 35.9 Å². The van der Waals surface area contributed by atoms with Crippen LogP contribution in [0, 0.1) is 10.1 Å². The fraction of sp³-hybridized carbons (Fsp3) is 0.767. The lowest BCUT2D eigenvalue weighted by molar-refractivity contribution is -0.384. The van der Waals surface area contributed by atoms with Gasteiger partial charge in [-0.15, -0.1) is 0 Å². The van der Waals surface area contributed by atoms with Crippen LogP contribution in [0.2, 0.25) is 0 Å². The number of ether oxygens (including phenoxy) is 6. The molecule has 19 atom stereocenters. The average molecular weight is 764 g/mol. The summed E-state index contributed by atoms with van der Waals surface area (Å²) in [5.74, 6) is 0. The van der Waals surface area contributed by atoms with E-state index in [1.165, 1.54) is 24.3 Å². The second-order valence-corrected chi connectivity index (χ2v) is 13.4. The van der Waals surface area contributed by atoms with E-state index in [4.69, 9.17) is 61.9 Å². The molecule has 0 spiro atoms. The molecular formula is C30H49N7O16. The van der Waals surface area contributed by atoms with E-state index < -0.39 is 128 Å². The Bertz CT molecular complexity index is 1370. The topological polar surface area (TPSA) is 392 Å². The van der Waals surface area contributed by atoms with Crippen molar-refractivity contribution in [1.29, 1.82) is 0 Å². The van der Waals surface area contributed by atoms with Gasteiger partial charge in [0.2, 0.25) is 0 Å². The maximum absolute atomic E-state index is 11.5. The molecule has 0 bridgehead atoms. The molecule has 23 nitrogen and oxygen atoms in total. The summed E-state index contributed by atoms with van der Waals surface area (Å²) < 4.78 is 35.3. The van der Waals surface area contributed by atoms with Gasteiger partial charge in [0.25, 0.3) is 5.69 Å². The number of non-ortho nitro benzene ring substituents is 1. The Balaban J connectivity index is 1.35. The largest absolute Gasteiger partial charge is 0.394 e. The maximum Gasteiger partial charge on any atom is 0.269 e. The van der Waals surface area contributed by atoms with Gasteiger partial charge in [0.1, 0.15) is 73.8 Å². The molecule has 3 aliphatic heterocycles. The summed E-state index contributed by atoms with van der Waals surface area (Å²) in [4.78, 5) is 15.7. The first kappa shape index (κ1) is 41.5. The number of nitrogens with two attached hydrogens (primary N) is 5. The van der Waals surface area contributed by atoms with Crippen LogP contribution in [0.1, 0.15) is 12.0 Å². The Labute approximate surface area is 302 Å². The SMILES string of the molecule is NC[C@@H]1O[C@H](O[C@H]2[C@@H](O)[C@H](O[C@@H]3[C@@H](O)[C@H](N)C[C@H](N)[C@H]3O[C@H]3O[C@H](CO)[C@@H](O)[C@H](O)[C@H]3N)O[C@@H]2/C=N/OCc2ccc([N+](=O)[O-])cc2)[C@H](N)[C@@H](O)[C@@H]1O. The van der Waals surface area contributed by atoms with Crippen LogP contribution in [0.3, 0.4) is 0 Å². The lowest BCUT2D eigenvalue weighted by atomic mass is 9.84. The monoisotopic (exact) mass is 763 g/mol. The quantitative estimate of drug-likeness (QED) is 0.0504. The van der Waals surface area contributed by atoms with E-state index in [-0.39, 0.29) is 25.3 Å². The zero-order chi connectivity index (χ0) is 38.7. The molecular weight excluding hydrogens is 714 g/mol. The van der Waals surface area contributed by atoms with Gasteiger partial charge in [0.15, 0.2) is 18.9 Å². The average Bonchev–Trinajstić information content (AvgIpc) is 3.43. The third-order valence-electron chi connectivity index (χ3n) is 9.74. The number of nitrogens with zero attached hydrogens (tertiary/aromatic N) is 2. The molecule has 53 heavy (non-hydrogen) atoms. The van der Waals surface area contributed by atoms with Crippen molar-refractivity contribution in [1.82, 2.24) is 0 Å². The molecule has 0 radical (unpaired) electrons. The highest BCUT2D eigenvalue weighted by Crippen LogP contribution is 2.34. The normalized spacial score (nSPS) is 45.0. The molecule has 17 N–H and O–H groups in total. The minimum atomic E-state index is -1.71. The summed E-state index contributed by atoms with van der Waals surface area (Å²) in [7, 11) is 0. The number of aliphatic hydroxyl groups is 7. The van der Waals surface area contributed by atoms with Gasteiger partial charge in [-0.1, -0.05) is 5.16 Å². The Hall–Kier alpha value is -2.63. The number of hydrogen-bond donors (Lipinski definition) is 12. The van der Waals surface area contributed by atoms with Crippen LogP contribution < -0.4 is 28.7 Å². The van der Waals surface area contributed by atoms with Gasteiger partial charge in [-0.2, -0.15) is 0 Å². The third kappa shape index (κ3) is 9.09. The molecule has 1 saturated carbocycles. The smallest absolute Gasteiger partial charge is 0.269 e. The molecule has 4 aliphatic rings. The molecule has 4 fully saturated rings. The summed E-state index contributed by atoms with van der Waals surface area (Å²) in [5.41, 5.74) is 30.8. The van der Waals surface area contributed by atoms with Gasteiger partial charge in [-0.3, -0.25) is 10.1 Å². The standard InChI is InChI=1S/C30H49N7O16/c31-6-14-20(40)22(42)17(34)28(48-14)52-26-15(7-36-47-9-10-1-3-11(4-2-10)37(45)46)49-30(24(26)44)53-27-19(39)12(32)5-13(33)25(27)51-29-18(35)23(43)21(41)16(8-38)50-29/h1-4,7,12-30,38-44H,5-6,8-9,31-35H2/b36-7+/t12-,13+,14+,15-,16-,17-,18-,19+,20-,21-,22-,23-,24-,25-,26-,27-,28-,29-,30+/m1/s1. The van der Waals surface area contributed by atoms with Crippen molar-refractivity contribution in [2.24, 2.45) is 33.8 Å². The highest BCUT2D eigenvalue weighted by molar-refractivity contribution is 5.64. The van der Waals surface area contributed by atoms with E-state index in [9.17, 15) is 45.9 Å². The van der Waals surface area contributed by atoms with Gasteiger partial charge in [-0.05, 0) is 24.1 Å². The van der Waals surface area contributed by atoms with E-state index in [2.05, 4.69) is 5.16 Å². The van der Waals surface area contributed by atoms with E-state index >= 15 is 0 Å². The summed E-state index contributed by atoms with van der Waals surface area (Å²) in [6.07, 6.45) is -20.4. The molecule has 23 heteroatoms. The summed E-state index contributed by atoms with van der Waals surface area (Å²) in [6, 6.07) is 0.994. The lowest BCUT2D eigenvalue weighted by Crippen LogP contribution is -2.68. The Kier molecular flexibility index (Phi) is 14.0. The summed E-state index contributed by atoms with van der Waals surface area (Å²) >= 11 is 0. The van der Waals surface area contributed by atoms with Crippen molar-refractivity contribution in [2.75, 3.05) is 13.2 Å². The van der Waals surface area contributed by atoms with Gasteiger partial charge in [-0.25, -0.2) is 0 Å². The second kappa shape index (κ2) is 17.9. The van der Waals surface area contributed by atoms with Crippen LogP contribution in [-0.2, 0) is 39.9 Å². The maximum atomic E-state index is 11.5.